The molecular weight excluding hydrogens is 235 g/mol. The molecule has 1 aromatic carbocycles. The fourth-order valence-electron chi connectivity index (χ4n) is 2.06. The predicted octanol–water partition coefficient (Wildman–Crippen LogP) is 3.50. The first-order valence-corrected chi connectivity index (χ1v) is 5.51. The number of carbonyl (C=O) groups is 1. The second-order valence-corrected chi connectivity index (χ2v) is 4.65. The SMILES string of the molecule is O=C(O)C1(c2c(Cl)cccc2Cl)CCC1. The highest BCUT2D eigenvalue weighted by atomic mass is 35.5. The first kappa shape index (κ1) is 10.8. The Hall–Kier alpha value is -0.730. The minimum absolute atomic E-state index is 0.449. The highest BCUT2D eigenvalue weighted by Crippen LogP contribution is 2.48. The van der Waals surface area contributed by atoms with Crippen LogP contribution in [0.1, 0.15) is 24.8 Å². The monoisotopic (exact) mass is 244 g/mol. The van der Waals surface area contributed by atoms with E-state index in [1.165, 1.54) is 0 Å². The number of benzene rings is 1. The van der Waals surface area contributed by atoms with Crippen molar-refractivity contribution in [2.24, 2.45) is 0 Å². The number of aliphatic carboxylic acids is 1. The predicted molar refractivity (Wildman–Crippen MR) is 59.6 cm³/mol. The van der Waals surface area contributed by atoms with Gasteiger partial charge in [0.2, 0.25) is 0 Å². The van der Waals surface area contributed by atoms with Gasteiger partial charge in [-0.15, -0.1) is 0 Å². The summed E-state index contributed by atoms with van der Waals surface area (Å²) in [6.07, 6.45) is 2.14. The molecule has 0 unspecified atom stereocenters. The molecule has 0 aliphatic heterocycles. The van der Waals surface area contributed by atoms with E-state index in [2.05, 4.69) is 0 Å². The molecular formula is C11H10Cl2O2. The molecule has 0 atom stereocenters. The van der Waals surface area contributed by atoms with E-state index in [0.717, 1.165) is 6.42 Å². The van der Waals surface area contributed by atoms with Crippen LogP contribution in [0.2, 0.25) is 10.0 Å². The molecule has 0 amide bonds. The molecule has 1 aliphatic rings. The van der Waals surface area contributed by atoms with E-state index in [0.29, 0.717) is 28.5 Å². The van der Waals surface area contributed by atoms with Crippen LogP contribution in [-0.2, 0) is 10.2 Å². The van der Waals surface area contributed by atoms with Crippen molar-refractivity contribution in [3.63, 3.8) is 0 Å². The summed E-state index contributed by atoms with van der Waals surface area (Å²) in [7, 11) is 0. The average Bonchev–Trinajstić information content (AvgIpc) is 2.07. The van der Waals surface area contributed by atoms with Gasteiger partial charge in [0.25, 0.3) is 0 Å². The van der Waals surface area contributed by atoms with Crippen molar-refractivity contribution >= 4 is 29.2 Å². The maximum atomic E-state index is 11.3. The van der Waals surface area contributed by atoms with E-state index in [-0.39, 0.29) is 0 Å². The Morgan fingerprint density at radius 2 is 1.80 bits per heavy atom. The van der Waals surface area contributed by atoms with Crippen molar-refractivity contribution in [1.29, 1.82) is 0 Å². The lowest BCUT2D eigenvalue weighted by Gasteiger charge is -2.39. The van der Waals surface area contributed by atoms with E-state index in [1.807, 2.05) is 0 Å². The minimum Gasteiger partial charge on any atom is -0.481 e. The summed E-state index contributed by atoms with van der Waals surface area (Å²) in [5.41, 5.74) is -0.276. The largest absolute Gasteiger partial charge is 0.481 e. The van der Waals surface area contributed by atoms with Gasteiger partial charge in [-0.3, -0.25) is 4.79 Å². The van der Waals surface area contributed by atoms with Gasteiger partial charge in [-0.25, -0.2) is 0 Å². The lowest BCUT2D eigenvalue weighted by atomic mass is 9.64. The number of rotatable bonds is 2. The molecule has 80 valence electrons. The van der Waals surface area contributed by atoms with Crippen LogP contribution in [0.4, 0.5) is 0 Å². The van der Waals surface area contributed by atoms with Crippen LogP contribution in [0, 0.1) is 0 Å². The second-order valence-electron chi connectivity index (χ2n) is 3.84. The third-order valence-electron chi connectivity index (χ3n) is 3.06. The minimum atomic E-state index is -0.852. The lowest BCUT2D eigenvalue weighted by molar-refractivity contribution is -0.147. The molecule has 0 bridgehead atoms. The number of hydrogen-bond donors (Lipinski definition) is 1. The molecule has 15 heavy (non-hydrogen) atoms. The van der Waals surface area contributed by atoms with Crippen molar-refractivity contribution in [2.45, 2.75) is 24.7 Å². The third-order valence-corrected chi connectivity index (χ3v) is 3.69. The van der Waals surface area contributed by atoms with E-state index in [9.17, 15) is 9.90 Å². The van der Waals surface area contributed by atoms with Gasteiger partial charge in [0.15, 0.2) is 0 Å². The van der Waals surface area contributed by atoms with Gasteiger partial charge in [-0.2, -0.15) is 0 Å². The number of halogens is 2. The van der Waals surface area contributed by atoms with Gasteiger partial charge < -0.3 is 5.11 Å². The molecule has 1 fully saturated rings. The normalized spacial score (nSPS) is 18.3. The van der Waals surface area contributed by atoms with Gasteiger partial charge in [0, 0.05) is 15.6 Å². The molecule has 4 heteroatoms. The van der Waals surface area contributed by atoms with Crippen LogP contribution in [0.25, 0.3) is 0 Å². The maximum absolute atomic E-state index is 11.3. The summed E-state index contributed by atoms with van der Waals surface area (Å²) >= 11 is 12.0. The van der Waals surface area contributed by atoms with Gasteiger partial charge in [0.1, 0.15) is 0 Å². The van der Waals surface area contributed by atoms with Crippen LogP contribution in [0.3, 0.4) is 0 Å². The standard InChI is InChI=1S/C11H10Cl2O2/c12-7-3-1-4-8(13)9(7)11(10(14)15)5-2-6-11/h1,3-4H,2,5-6H2,(H,14,15). The Morgan fingerprint density at radius 1 is 1.27 bits per heavy atom. The van der Waals surface area contributed by atoms with E-state index >= 15 is 0 Å². The van der Waals surface area contributed by atoms with Crippen LogP contribution >= 0.6 is 23.2 Å². The first-order chi connectivity index (χ1) is 7.08. The summed E-state index contributed by atoms with van der Waals surface area (Å²) < 4.78 is 0. The topological polar surface area (TPSA) is 37.3 Å². The fourth-order valence-corrected chi connectivity index (χ4v) is 2.82. The van der Waals surface area contributed by atoms with E-state index in [4.69, 9.17) is 23.2 Å². The third kappa shape index (κ3) is 1.52. The van der Waals surface area contributed by atoms with Crippen LogP contribution in [0.15, 0.2) is 18.2 Å². The Kier molecular flexibility index (Phi) is 2.65. The molecule has 0 heterocycles. The molecule has 0 saturated heterocycles. The van der Waals surface area contributed by atoms with Gasteiger partial charge >= 0.3 is 5.97 Å². The highest BCUT2D eigenvalue weighted by molar-refractivity contribution is 6.36. The van der Waals surface area contributed by atoms with Gasteiger partial charge in [-0.05, 0) is 25.0 Å². The quantitative estimate of drug-likeness (QED) is 0.865. The second kappa shape index (κ2) is 3.69. The Morgan fingerprint density at radius 3 is 2.13 bits per heavy atom. The summed E-state index contributed by atoms with van der Waals surface area (Å²) in [4.78, 5) is 11.3. The molecule has 0 spiro atoms. The number of carboxylic acids is 1. The Labute approximate surface area is 97.8 Å². The maximum Gasteiger partial charge on any atom is 0.314 e. The molecule has 2 rings (SSSR count). The van der Waals surface area contributed by atoms with Crippen LogP contribution in [-0.4, -0.2) is 11.1 Å². The van der Waals surface area contributed by atoms with Crippen molar-refractivity contribution in [1.82, 2.24) is 0 Å². The van der Waals surface area contributed by atoms with Crippen molar-refractivity contribution in [2.75, 3.05) is 0 Å². The molecule has 1 aliphatic carbocycles. The van der Waals surface area contributed by atoms with Gasteiger partial charge in [0.05, 0.1) is 5.41 Å². The smallest absolute Gasteiger partial charge is 0.314 e. The molecule has 1 aromatic rings. The van der Waals surface area contributed by atoms with Gasteiger partial charge in [-0.1, -0.05) is 35.7 Å². The molecule has 0 radical (unpaired) electrons. The van der Waals surface area contributed by atoms with Crippen molar-refractivity contribution in [3.8, 4) is 0 Å². The Balaban J connectivity index is 2.57. The first-order valence-electron chi connectivity index (χ1n) is 4.76. The molecule has 1 saturated carbocycles. The zero-order chi connectivity index (χ0) is 11.1. The summed E-state index contributed by atoms with van der Waals surface area (Å²) in [6.45, 7) is 0. The Bertz CT molecular complexity index is 391. The molecule has 1 N–H and O–H groups in total. The fraction of sp³-hybridized carbons (Fsp3) is 0.364. The summed E-state index contributed by atoms with van der Waals surface area (Å²) in [5.74, 6) is -0.830. The molecule has 2 nitrogen and oxygen atoms in total. The molecule has 0 aromatic heterocycles. The van der Waals surface area contributed by atoms with Crippen molar-refractivity contribution < 1.29 is 9.90 Å². The zero-order valence-electron chi connectivity index (χ0n) is 7.96. The summed E-state index contributed by atoms with van der Waals surface area (Å²) in [6, 6.07) is 5.10. The lowest BCUT2D eigenvalue weighted by Crippen LogP contribution is -2.42. The van der Waals surface area contributed by atoms with E-state index < -0.39 is 11.4 Å². The van der Waals surface area contributed by atoms with E-state index in [1.54, 1.807) is 18.2 Å². The summed E-state index contributed by atoms with van der Waals surface area (Å²) in [5, 5.41) is 10.2. The average molecular weight is 245 g/mol. The van der Waals surface area contributed by atoms with Crippen LogP contribution in [0.5, 0.6) is 0 Å². The number of hydrogen-bond acceptors (Lipinski definition) is 1. The van der Waals surface area contributed by atoms with Crippen molar-refractivity contribution in [3.05, 3.63) is 33.8 Å². The zero-order valence-corrected chi connectivity index (χ0v) is 9.48. The number of carboxylic acid groups (broad SMARTS) is 1. The van der Waals surface area contributed by atoms with Crippen LogP contribution < -0.4 is 0 Å². The highest BCUT2D eigenvalue weighted by Gasteiger charge is 2.48.